The SMILES string of the molecule is CCOC(=O)c1cc(-n2c(=O)c3c(n(C)c2=O)CCC3)c(F)cc1Cl. The lowest BCUT2D eigenvalue weighted by molar-refractivity contribution is 0.0526. The predicted octanol–water partition coefficient (Wildman–Crippen LogP) is 1.99. The van der Waals surface area contributed by atoms with E-state index in [1.807, 2.05) is 0 Å². The van der Waals surface area contributed by atoms with Crippen LogP contribution in [-0.4, -0.2) is 21.7 Å². The van der Waals surface area contributed by atoms with Crippen molar-refractivity contribution >= 4 is 17.6 Å². The summed E-state index contributed by atoms with van der Waals surface area (Å²) in [5.41, 5.74) is -0.476. The molecule has 0 fully saturated rings. The highest BCUT2D eigenvalue weighted by Gasteiger charge is 2.25. The smallest absolute Gasteiger partial charge is 0.339 e. The van der Waals surface area contributed by atoms with Crippen LogP contribution in [-0.2, 0) is 24.6 Å². The largest absolute Gasteiger partial charge is 0.462 e. The second-order valence-electron chi connectivity index (χ2n) is 5.76. The zero-order valence-electron chi connectivity index (χ0n) is 13.8. The topological polar surface area (TPSA) is 70.3 Å². The first-order valence-electron chi connectivity index (χ1n) is 7.87. The number of carbonyl (C=O) groups excluding carboxylic acids is 1. The summed E-state index contributed by atoms with van der Waals surface area (Å²) in [6, 6.07) is 1.99. The molecule has 1 heterocycles. The van der Waals surface area contributed by atoms with E-state index >= 15 is 0 Å². The molecule has 2 aromatic rings. The highest BCUT2D eigenvalue weighted by molar-refractivity contribution is 6.33. The summed E-state index contributed by atoms with van der Waals surface area (Å²) in [6.07, 6.45) is 1.93. The summed E-state index contributed by atoms with van der Waals surface area (Å²) >= 11 is 5.91. The van der Waals surface area contributed by atoms with Gasteiger partial charge in [0.15, 0.2) is 0 Å². The molecule has 1 aliphatic carbocycles. The Bertz CT molecular complexity index is 994. The molecule has 1 aromatic carbocycles. The van der Waals surface area contributed by atoms with Crippen LogP contribution in [0.15, 0.2) is 21.7 Å². The average Bonchev–Trinajstić information content (AvgIpc) is 3.05. The van der Waals surface area contributed by atoms with E-state index in [9.17, 15) is 18.8 Å². The maximum atomic E-state index is 14.5. The Morgan fingerprint density at radius 1 is 1.32 bits per heavy atom. The predicted molar refractivity (Wildman–Crippen MR) is 90.2 cm³/mol. The second kappa shape index (κ2) is 6.48. The number of hydrogen-bond donors (Lipinski definition) is 0. The molecule has 0 saturated carbocycles. The van der Waals surface area contributed by atoms with Gasteiger partial charge in [0.2, 0.25) is 0 Å². The van der Waals surface area contributed by atoms with Gasteiger partial charge < -0.3 is 9.30 Å². The highest BCUT2D eigenvalue weighted by atomic mass is 35.5. The van der Waals surface area contributed by atoms with E-state index in [1.54, 1.807) is 14.0 Å². The molecule has 25 heavy (non-hydrogen) atoms. The Labute approximate surface area is 147 Å². The quantitative estimate of drug-likeness (QED) is 0.779. The van der Waals surface area contributed by atoms with Crippen molar-refractivity contribution in [3.05, 3.63) is 60.6 Å². The van der Waals surface area contributed by atoms with Crippen LogP contribution in [0.4, 0.5) is 4.39 Å². The van der Waals surface area contributed by atoms with Crippen LogP contribution in [0.1, 0.15) is 35.0 Å². The fourth-order valence-electron chi connectivity index (χ4n) is 3.10. The summed E-state index contributed by atoms with van der Waals surface area (Å²) in [5.74, 6) is -1.62. The van der Waals surface area contributed by atoms with Gasteiger partial charge in [-0.05, 0) is 38.3 Å². The molecule has 132 valence electrons. The van der Waals surface area contributed by atoms with E-state index in [4.69, 9.17) is 16.3 Å². The lowest BCUT2D eigenvalue weighted by Crippen LogP contribution is -2.41. The van der Waals surface area contributed by atoms with Gasteiger partial charge in [0.05, 0.1) is 22.9 Å². The molecule has 0 bridgehead atoms. The number of hydrogen-bond acceptors (Lipinski definition) is 4. The molecular weight excluding hydrogens is 351 g/mol. The molecule has 0 saturated heterocycles. The highest BCUT2D eigenvalue weighted by Crippen LogP contribution is 2.24. The molecule has 3 rings (SSSR count). The molecule has 0 radical (unpaired) electrons. The molecule has 1 aromatic heterocycles. The van der Waals surface area contributed by atoms with Crippen LogP contribution in [0.2, 0.25) is 5.02 Å². The Balaban J connectivity index is 2.30. The molecule has 0 spiro atoms. The molecule has 1 aliphatic rings. The molecular formula is C17H16ClFN2O4. The maximum Gasteiger partial charge on any atom is 0.339 e. The first-order chi connectivity index (χ1) is 11.9. The minimum atomic E-state index is -0.866. The van der Waals surface area contributed by atoms with Gasteiger partial charge >= 0.3 is 11.7 Å². The minimum Gasteiger partial charge on any atom is -0.462 e. The van der Waals surface area contributed by atoms with Crippen molar-refractivity contribution in [3.8, 4) is 5.69 Å². The number of aromatic nitrogens is 2. The second-order valence-corrected chi connectivity index (χ2v) is 6.17. The molecule has 0 N–H and O–H groups in total. The fraction of sp³-hybridized carbons (Fsp3) is 0.353. The third-order valence-corrected chi connectivity index (χ3v) is 4.62. The van der Waals surface area contributed by atoms with E-state index in [-0.39, 0.29) is 22.9 Å². The van der Waals surface area contributed by atoms with Crippen LogP contribution >= 0.6 is 11.6 Å². The number of rotatable bonds is 3. The third kappa shape index (κ3) is 2.78. The van der Waals surface area contributed by atoms with Crippen molar-refractivity contribution in [1.29, 1.82) is 0 Å². The Hall–Kier alpha value is -2.41. The summed E-state index contributed by atoms with van der Waals surface area (Å²) in [7, 11) is 1.54. The maximum absolute atomic E-state index is 14.5. The lowest BCUT2D eigenvalue weighted by Gasteiger charge is -2.14. The number of halogens is 2. The Morgan fingerprint density at radius 2 is 2.04 bits per heavy atom. The Kier molecular flexibility index (Phi) is 4.51. The molecule has 8 heteroatoms. The van der Waals surface area contributed by atoms with Gasteiger partial charge in [-0.2, -0.15) is 0 Å². The lowest BCUT2D eigenvalue weighted by atomic mass is 10.1. The van der Waals surface area contributed by atoms with Crippen LogP contribution < -0.4 is 11.2 Å². The average molecular weight is 367 g/mol. The van der Waals surface area contributed by atoms with Crippen molar-refractivity contribution in [2.24, 2.45) is 7.05 Å². The van der Waals surface area contributed by atoms with E-state index < -0.39 is 23.0 Å². The van der Waals surface area contributed by atoms with Crippen LogP contribution in [0.5, 0.6) is 0 Å². The third-order valence-electron chi connectivity index (χ3n) is 4.31. The van der Waals surface area contributed by atoms with Crippen molar-refractivity contribution < 1.29 is 13.9 Å². The summed E-state index contributed by atoms with van der Waals surface area (Å²) in [6.45, 7) is 1.74. The van der Waals surface area contributed by atoms with E-state index in [0.29, 0.717) is 24.1 Å². The Morgan fingerprint density at radius 3 is 2.72 bits per heavy atom. The number of nitrogens with zero attached hydrogens (tertiary/aromatic N) is 2. The van der Waals surface area contributed by atoms with Gasteiger partial charge in [0, 0.05) is 18.3 Å². The zero-order valence-corrected chi connectivity index (χ0v) is 14.5. The van der Waals surface area contributed by atoms with Gasteiger partial charge in [-0.1, -0.05) is 11.6 Å². The monoisotopic (exact) mass is 366 g/mol. The van der Waals surface area contributed by atoms with Crippen LogP contribution in [0.25, 0.3) is 5.69 Å². The zero-order chi connectivity index (χ0) is 18.3. The fourth-order valence-corrected chi connectivity index (χ4v) is 3.33. The molecule has 0 atom stereocenters. The summed E-state index contributed by atoms with van der Waals surface area (Å²) in [4.78, 5) is 37.3. The van der Waals surface area contributed by atoms with Gasteiger partial charge in [-0.25, -0.2) is 18.5 Å². The number of carbonyl (C=O) groups is 1. The van der Waals surface area contributed by atoms with Gasteiger partial charge in [-0.3, -0.25) is 4.79 Å². The summed E-state index contributed by atoms with van der Waals surface area (Å²) in [5, 5.41) is -0.147. The first kappa shape index (κ1) is 17.4. The van der Waals surface area contributed by atoms with Gasteiger partial charge in [-0.15, -0.1) is 0 Å². The van der Waals surface area contributed by atoms with Crippen molar-refractivity contribution in [3.63, 3.8) is 0 Å². The van der Waals surface area contributed by atoms with Crippen molar-refractivity contribution in [1.82, 2.24) is 9.13 Å². The van der Waals surface area contributed by atoms with E-state index in [0.717, 1.165) is 23.1 Å². The molecule has 6 nitrogen and oxygen atoms in total. The number of fused-ring (bicyclic) bond motifs is 1. The van der Waals surface area contributed by atoms with Gasteiger partial charge in [0.1, 0.15) is 5.82 Å². The molecule has 0 aliphatic heterocycles. The normalized spacial score (nSPS) is 13.0. The minimum absolute atomic E-state index is 0.102. The number of benzene rings is 1. The summed E-state index contributed by atoms with van der Waals surface area (Å²) < 4.78 is 21.4. The standard InChI is InChI=1S/C17H16ClFN2O4/c1-3-25-16(23)10-7-14(12(19)8-11(10)18)21-15(22)9-5-4-6-13(9)20(2)17(21)24/h7-8H,3-6H2,1-2H3. The number of esters is 1. The first-order valence-corrected chi connectivity index (χ1v) is 8.25. The van der Waals surface area contributed by atoms with Crippen LogP contribution in [0.3, 0.4) is 0 Å². The molecule has 0 unspecified atom stereocenters. The van der Waals surface area contributed by atoms with E-state index in [1.165, 1.54) is 4.57 Å². The van der Waals surface area contributed by atoms with Gasteiger partial charge in [0.25, 0.3) is 5.56 Å². The van der Waals surface area contributed by atoms with E-state index in [2.05, 4.69) is 0 Å². The molecule has 0 amide bonds. The number of ether oxygens (including phenoxy) is 1. The van der Waals surface area contributed by atoms with Crippen molar-refractivity contribution in [2.75, 3.05) is 6.61 Å². The van der Waals surface area contributed by atoms with Crippen molar-refractivity contribution in [2.45, 2.75) is 26.2 Å². The van der Waals surface area contributed by atoms with Crippen LogP contribution in [0, 0.1) is 5.82 Å².